The second-order valence-electron chi connectivity index (χ2n) is 5.53. The van der Waals surface area contributed by atoms with Gasteiger partial charge in [-0.1, -0.05) is 36.4 Å². The molecule has 0 spiro atoms. The van der Waals surface area contributed by atoms with Crippen molar-refractivity contribution >= 4 is 34.0 Å². The van der Waals surface area contributed by atoms with E-state index in [1.807, 2.05) is 36.4 Å². The third-order valence-electron chi connectivity index (χ3n) is 3.90. The summed E-state index contributed by atoms with van der Waals surface area (Å²) in [4.78, 5) is 24.0. The Kier molecular flexibility index (Phi) is 3.39. The van der Waals surface area contributed by atoms with Crippen LogP contribution in [0.1, 0.15) is 10.4 Å². The van der Waals surface area contributed by atoms with Gasteiger partial charge in [0.15, 0.2) is 6.61 Å². The fourth-order valence-corrected chi connectivity index (χ4v) is 2.78. The molecule has 0 unspecified atom stereocenters. The van der Waals surface area contributed by atoms with E-state index in [4.69, 9.17) is 4.74 Å². The van der Waals surface area contributed by atoms with Crippen LogP contribution in [0.3, 0.4) is 0 Å². The number of hydrogen-bond acceptors (Lipinski definition) is 3. The van der Waals surface area contributed by atoms with Gasteiger partial charge >= 0.3 is 0 Å². The molecule has 1 heterocycles. The molecule has 0 radical (unpaired) electrons. The number of ether oxygens (including phenoxy) is 1. The molecule has 0 aliphatic carbocycles. The fourth-order valence-electron chi connectivity index (χ4n) is 2.78. The average Bonchev–Trinajstić information content (AvgIpc) is 2.61. The molecule has 0 fully saturated rings. The van der Waals surface area contributed by atoms with Gasteiger partial charge in [-0.3, -0.25) is 9.59 Å². The van der Waals surface area contributed by atoms with Crippen molar-refractivity contribution in [1.82, 2.24) is 0 Å². The minimum Gasteiger partial charge on any atom is -0.482 e. The van der Waals surface area contributed by atoms with Crippen LogP contribution in [0.5, 0.6) is 5.75 Å². The number of carbonyl (C=O) groups is 2. The number of nitrogens with one attached hydrogen (secondary N) is 2. The van der Waals surface area contributed by atoms with Crippen molar-refractivity contribution in [2.24, 2.45) is 0 Å². The monoisotopic (exact) mass is 318 g/mol. The predicted octanol–water partition coefficient (Wildman–Crippen LogP) is 3.42. The number of benzene rings is 3. The van der Waals surface area contributed by atoms with E-state index in [0.717, 1.165) is 10.8 Å². The Labute approximate surface area is 138 Å². The molecule has 118 valence electrons. The van der Waals surface area contributed by atoms with Crippen molar-refractivity contribution in [2.75, 3.05) is 17.2 Å². The number of hydrogen-bond donors (Lipinski definition) is 2. The van der Waals surface area contributed by atoms with E-state index in [9.17, 15) is 9.59 Å². The smallest absolute Gasteiger partial charge is 0.262 e. The highest BCUT2D eigenvalue weighted by Gasteiger charge is 2.17. The summed E-state index contributed by atoms with van der Waals surface area (Å²) in [5.74, 6) is 0.188. The molecular weight excluding hydrogens is 304 g/mol. The normalized spacial score (nSPS) is 12.9. The molecule has 0 saturated heterocycles. The quantitative estimate of drug-likeness (QED) is 0.761. The van der Waals surface area contributed by atoms with Gasteiger partial charge < -0.3 is 15.4 Å². The summed E-state index contributed by atoms with van der Waals surface area (Å²) >= 11 is 0. The first-order chi connectivity index (χ1) is 11.7. The van der Waals surface area contributed by atoms with Gasteiger partial charge in [0.25, 0.3) is 11.8 Å². The third kappa shape index (κ3) is 2.56. The summed E-state index contributed by atoms with van der Waals surface area (Å²) in [7, 11) is 0. The topological polar surface area (TPSA) is 67.4 Å². The van der Waals surface area contributed by atoms with Crippen molar-refractivity contribution in [3.8, 4) is 5.75 Å². The lowest BCUT2D eigenvalue weighted by atomic mass is 10.0. The molecule has 1 aliphatic rings. The molecule has 0 bridgehead atoms. The van der Waals surface area contributed by atoms with Gasteiger partial charge in [0, 0.05) is 11.3 Å². The number of amides is 2. The van der Waals surface area contributed by atoms with Crippen molar-refractivity contribution in [3.63, 3.8) is 0 Å². The first-order valence-corrected chi connectivity index (χ1v) is 7.56. The van der Waals surface area contributed by atoms with E-state index in [1.54, 1.807) is 24.3 Å². The van der Waals surface area contributed by atoms with Gasteiger partial charge in [0.1, 0.15) is 5.75 Å². The zero-order valence-corrected chi connectivity index (χ0v) is 12.7. The van der Waals surface area contributed by atoms with E-state index in [0.29, 0.717) is 22.7 Å². The molecule has 24 heavy (non-hydrogen) atoms. The second kappa shape index (κ2) is 5.70. The Morgan fingerprint density at radius 3 is 2.79 bits per heavy atom. The van der Waals surface area contributed by atoms with E-state index < -0.39 is 0 Å². The number of carbonyl (C=O) groups excluding carboxylic acids is 2. The zero-order valence-electron chi connectivity index (χ0n) is 12.7. The average molecular weight is 318 g/mol. The molecule has 0 saturated carbocycles. The Hall–Kier alpha value is -3.34. The number of rotatable bonds is 2. The molecule has 2 amide bonds. The van der Waals surface area contributed by atoms with Crippen molar-refractivity contribution in [2.45, 2.75) is 0 Å². The SMILES string of the molecule is O=C1COc2ccc(NC(=O)c3cccc4ccccc34)cc2N1. The summed E-state index contributed by atoms with van der Waals surface area (Å²) in [5, 5.41) is 7.50. The highest BCUT2D eigenvalue weighted by molar-refractivity contribution is 6.13. The largest absolute Gasteiger partial charge is 0.482 e. The summed E-state index contributed by atoms with van der Waals surface area (Å²) in [6.07, 6.45) is 0. The minimum atomic E-state index is -0.208. The Morgan fingerprint density at radius 1 is 1.04 bits per heavy atom. The summed E-state index contributed by atoms with van der Waals surface area (Å²) in [5.41, 5.74) is 1.76. The predicted molar refractivity (Wildman–Crippen MR) is 92.5 cm³/mol. The van der Waals surface area contributed by atoms with Gasteiger partial charge in [-0.15, -0.1) is 0 Å². The maximum absolute atomic E-state index is 12.6. The third-order valence-corrected chi connectivity index (χ3v) is 3.90. The standard InChI is InChI=1S/C19H14N2O3/c22-18-11-24-17-9-8-13(10-16(17)21-18)20-19(23)15-7-3-5-12-4-1-2-6-14(12)15/h1-10H,11H2,(H,20,23)(H,21,22). The van der Waals surface area contributed by atoms with Gasteiger partial charge in [-0.2, -0.15) is 0 Å². The molecule has 4 rings (SSSR count). The van der Waals surface area contributed by atoms with E-state index in [1.165, 1.54) is 0 Å². The van der Waals surface area contributed by atoms with Crippen LogP contribution in [-0.4, -0.2) is 18.4 Å². The Morgan fingerprint density at radius 2 is 1.88 bits per heavy atom. The van der Waals surface area contributed by atoms with Gasteiger partial charge in [0.2, 0.25) is 0 Å². The van der Waals surface area contributed by atoms with E-state index >= 15 is 0 Å². The van der Waals surface area contributed by atoms with Crippen LogP contribution >= 0.6 is 0 Å². The first kappa shape index (κ1) is 14.3. The lowest BCUT2D eigenvalue weighted by molar-refractivity contribution is -0.118. The molecule has 3 aromatic carbocycles. The highest BCUT2D eigenvalue weighted by Crippen LogP contribution is 2.30. The van der Waals surface area contributed by atoms with Gasteiger partial charge in [0.05, 0.1) is 5.69 Å². The minimum absolute atomic E-state index is 0.00864. The molecule has 2 N–H and O–H groups in total. The lowest BCUT2D eigenvalue weighted by Gasteiger charge is -2.18. The first-order valence-electron chi connectivity index (χ1n) is 7.56. The van der Waals surface area contributed by atoms with Crippen LogP contribution in [0.4, 0.5) is 11.4 Å². The van der Waals surface area contributed by atoms with Crippen LogP contribution in [0.25, 0.3) is 10.8 Å². The summed E-state index contributed by atoms with van der Waals surface area (Å²) in [6.45, 7) is 0.00864. The van der Waals surface area contributed by atoms with E-state index in [2.05, 4.69) is 10.6 Å². The van der Waals surface area contributed by atoms with Crippen LogP contribution in [0.15, 0.2) is 60.7 Å². The van der Waals surface area contributed by atoms with E-state index in [-0.39, 0.29) is 18.4 Å². The maximum Gasteiger partial charge on any atom is 0.262 e. The zero-order chi connectivity index (χ0) is 16.5. The molecule has 0 aromatic heterocycles. The Balaban J connectivity index is 1.64. The summed E-state index contributed by atoms with van der Waals surface area (Å²) < 4.78 is 5.31. The van der Waals surface area contributed by atoms with Crippen molar-refractivity contribution in [1.29, 1.82) is 0 Å². The second-order valence-corrected chi connectivity index (χ2v) is 5.53. The number of fused-ring (bicyclic) bond motifs is 2. The van der Waals surface area contributed by atoms with Crippen molar-refractivity contribution in [3.05, 3.63) is 66.2 Å². The highest BCUT2D eigenvalue weighted by atomic mass is 16.5. The molecule has 5 nitrogen and oxygen atoms in total. The molecule has 1 aliphatic heterocycles. The Bertz CT molecular complexity index is 960. The summed E-state index contributed by atoms with van der Waals surface area (Å²) in [6, 6.07) is 18.5. The molecule has 5 heteroatoms. The van der Waals surface area contributed by atoms with Gasteiger partial charge in [-0.25, -0.2) is 0 Å². The lowest BCUT2D eigenvalue weighted by Crippen LogP contribution is -2.25. The van der Waals surface area contributed by atoms with Gasteiger partial charge in [-0.05, 0) is 35.0 Å². The van der Waals surface area contributed by atoms with Crippen LogP contribution < -0.4 is 15.4 Å². The van der Waals surface area contributed by atoms with Crippen molar-refractivity contribution < 1.29 is 14.3 Å². The molecular formula is C19H14N2O3. The maximum atomic E-state index is 12.6. The van der Waals surface area contributed by atoms with Crippen LogP contribution in [-0.2, 0) is 4.79 Å². The molecule has 3 aromatic rings. The van der Waals surface area contributed by atoms with Crippen LogP contribution in [0.2, 0.25) is 0 Å². The fraction of sp³-hybridized carbons (Fsp3) is 0.0526. The van der Waals surface area contributed by atoms with Crippen LogP contribution in [0, 0.1) is 0 Å². The molecule has 0 atom stereocenters. The number of anilines is 2.